The first-order chi connectivity index (χ1) is 10.3. The molecule has 21 heavy (non-hydrogen) atoms. The van der Waals surface area contributed by atoms with Crippen molar-refractivity contribution in [3.05, 3.63) is 48.5 Å². The van der Waals surface area contributed by atoms with Gasteiger partial charge in [-0.15, -0.1) is 5.10 Å². The molecule has 0 aliphatic rings. The lowest BCUT2D eigenvalue weighted by Gasteiger charge is -2.06. The van der Waals surface area contributed by atoms with Crippen LogP contribution in [0.3, 0.4) is 0 Å². The molecule has 3 aromatic rings. The van der Waals surface area contributed by atoms with Crippen LogP contribution in [0, 0.1) is 0 Å². The monoisotopic (exact) mass is 282 g/mol. The lowest BCUT2D eigenvalue weighted by Crippen LogP contribution is -2.19. The number of hydrogen-bond donors (Lipinski definition) is 1. The molecule has 0 aliphatic heterocycles. The second kappa shape index (κ2) is 5.62. The Labute approximate surface area is 121 Å². The molecule has 1 aromatic heterocycles. The third kappa shape index (κ3) is 2.84. The maximum atomic E-state index is 12.0. The highest BCUT2D eigenvalue weighted by Crippen LogP contribution is 2.15. The molecule has 0 aliphatic carbocycles. The van der Waals surface area contributed by atoms with Gasteiger partial charge in [0.1, 0.15) is 17.8 Å². The summed E-state index contributed by atoms with van der Waals surface area (Å²) in [6, 6.07) is 14.7. The zero-order chi connectivity index (χ0) is 14.7. The molecule has 0 spiro atoms. The third-order valence-electron chi connectivity index (χ3n) is 3.09. The number of anilines is 1. The molecule has 0 saturated heterocycles. The Morgan fingerprint density at radius 2 is 1.95 bits per heavy atom. The molecule has 6 heteroatoms. The van der Waals surface area contributed by atoms with Gasteiger partial charge < -0.3 is 10.1 Å². The van der Waals surface area contributed by atoms with Gasteiger partial charge in [0.25, 0.3) is 0 Å². The summed E-state index contributed by atoms with van der Waals surface area (Å²) in [5.74, 6) is 0.589. The molecule has 0 atom stereocenters. The number of benzene rings is 2. The van der Waals surface area contributed by atoms with E-state index in [0.717, 1.165) is 16.8 Å². The Kier molecular flexibility index (Phi) is 3.51. The summed E-state index contributed by atoms with van der Waals surface area (Å²) in [6.45, 7) is 0.118. The molecule has 0 saturated carbocycles. The van der Waals surface area contributed by atoms with Crippen molar-refractivity contribution in [2.24, 2.45) is 0 Å². The fourth-order valence-electron chi connectivity index (χ4n) is 2.05. The highest BCUT2D eigenvalue weighted by molar-refractivity contribution is 5.91. The van der Waals surface area contributed by atoms with E-state index in [9.17, 15) is 4.79 Å². The summed E-state index contributed by atoms with van der Waals surface area (Å²) in [4.78, 5) is 12.0. The fraction of sp³-hybridized carbons (Fsp3) is 0.133. The zero-order valence-corrected chi connectivity index (χ0v) is 11.5. The van der Waals surface area contributed by atoms with Crippen molar-refractivity contribution in [2.45, 2.75) is 6.54 Å². The molecule has 0 unspecified atom stereocenters. The van der Waals surface area contributed by atoms with E-state index in [2.05, 4.69) is 15.6 Å². The number of carbonyl (C=O) groups is 1. The summed E-state index contributed by atoms with van der Waals surface area (Å²) in [5, 5.41) is 10.8. The van der Waals surface area contributed by atoms with Crippen molar-refractivity contribution >= 4 is 22.6 Å². The van der Waals surface area contributed by atoms with E-state index in [-0.39, 0.29) is 12.5 Å². The molecular weight excluding hydrogens is 268 g/mol. The number of carbonyl (C=O) groups excluding carboxylic acids is 1. The van der Waals surface area contributed by atoms with Crippen molar-refractivity contribution in [3.8, 4) is 5.75 Å². The maximum absolute atomic E-state index is 12.0. The Balaban J connectivity index is 1.71. The van der Waals surface area contributed by atoms with Crippen LogP contribution in [-0.4, -0.2) is 28.0 Å². The maximum Gasteiger partial charge on any atom is 0.246 e. The van der Waals surface area contributed by atoms with Crippen molar-refractivity contribution in [1.29, 1.82) is 0 Å². The number of amides is 1. The molecule has 106 valence electrons. The van der Waals surface area contributed by atoms with Gasteiger partial charge in [0.15, 0.2) is 0 Å². The van der Waals surface area contributed by atoms with Crippen LogP contribution in [-0.2, 0) is 11.3 Å². The Bertz CT molecular complexity index is 765. The van der Waals surface area contributed by atoms with Crippen molar-refractivity contribution in [2.75, 3.05) is 12.4 Å². The van der Waals surface area contributed by atoms with Crippen LogP contribution in [0.4, 0.5) is 5.69 Å². The van der Waals surface area contributed by atoms with Crippen molar-refractivity contribution in [1.82, 2.24) is 15.0 Å². The Hall–Kier alpha value is -2.89. The molecule has 1 N–H and O–H groups in total. The van der Waals surface area contributed by atoms with E-state index in [1.807, 2.05) is 24.3 Å². The average Bonchev–Trinajstić information content (AvgIpc) is 2.91. The van der Waals surface area contributed by atoms with Gasteiger partial charge in [-0.3, -0.25) is 4.79 Å². The minimum Gasteiger partial charge on any atom is -0.497 e. The zero-order valence-electron chi connectivity index (χ0n) is 11.5. The van der Waals surface area contributed by atoms with Gasteiger partial charge in [-0.25, -0.2) is 4.68 Å². The second-order valence-electron chi connectivity index (χ2n) is 4.51. The van der Waals surface area contributed by atoms with E-state index in [1.54, 1.807) is 36.1 Å². The lowest BCUT2D eigenvalue weighted by atomic mass is 10.3. The number of nitrogens with zero attached hydrogens (tertiary/aromatic N) is 3. The molecule has 2 aromatic carbocycles. The molecule has 3 rings (SSSR count). The minimum absolute atomic E-state index is 0.118. The smallest absolute Gasteiger partial charge is 0.246 e. The highest BCUT2D eigenvalue weighted by atomic mass is 16.5. The summed E-state index contributed by atoms with van der Waals surface area (Å²) >= 11 is 0. The van der Waals surface area contributed by atoms with Crippen LogP contribution in [0.2, 0.25) is 0 Å². The number of nitrogens with one attached hydrogen (secondary N) is 1. The van der Waals surface area contributed by atoms with Gasteiger partial charge in [0.2, 0.25) is 5.91 Å². The summed E-state index contributed by atoms with van der Waals surface area (Å²) in [5.41, 5.74) is 2.32. The van der Waals surface area contributed by atoms with Crippen LogP contribution < -0.4 is 10.1 Å². The van der Waals surface area contributed by atoms with Gasteiger partial charge in [-0.05, 0) is 36.4 Å². The number of ether oxygens (including phenoxy) is 1. The summed E-state index contributed by atoms with van der Waals surface area (Å²) in [7, 11) is 1.60. The standard InChI is InChI=1S/C15H14N4O2/c1-21-12-8-6-11(7-9-12)16-15(20)10-19-14-5-3-2-4-13(14)17-18-19/h2-9H,10H2,1H3,(H,16,20). The number of hydrogen-bond acceptors (Lipinski definition) is 4. The predicted octanol–water partition coefficient (Wildman–Crippen LogP) is 2.08. The molecule has 0 fully saturated rings. The molecule has 0 radical (unpaired) electrons. The number of fused-ring (bicyclic) bond motifs is 1. The number of rotatable bonds is 4. The van der Waals surface area contributed by atoms with E-state index < -0.39 is 0 Å². The minimum atomic E-state index is -0.157. The summed E-state index contributed by atoms with van der Waals surface area (Å²) < 4.78 is 6.65. The van der Waals surface area contributed by atoms with Crippen LogP contribution in [0.25, 0.3) is 11.0 Å². The van der Waals surface area contributed by atoms with Crippen molar-refractivity contribution in [3.63, 3.8) is 0 Å². The second-order valence-corrected chi connectivity index (χ2v) is 4.51. The number of aromatic nitrogens is 3. The molecule has 0 bridgehead atoms. The van der Waals surface area contributed by atoms with E-state index >= 15 is 0 Å². The van der Waals surface area contributed by atoms with Gasteiger partial charge in [0.05, 0.1) is 12.6 Å². The predicted molar refractivity (Wildman–Crippen MR) is 79.2 cm³/mol. The normalized spacial score (nSPS) is 10.5. The third-order valence-corrected chi connectivity index (χ3v) is 3.09. The quantitative estimate of drug-likeness (QED) is 0.795. The van der Waals surface area contributed by atoms with Crippen LogP contribution in [0.15, 0.2) is 48.5 Å². The Morgan fingerprint density at radius 3 is 2.71 bits per heavy atom. The van der Waals surface area contributed by atoms with Gasteiger partial charge in [0, 0.05) is 5.69 Å². The first-order valence-corrected chi connectivity index (χ1v) is 6.48. The van der Waals surface area contributed by atoms with Gasteiger partial charge >= 0.3 is 0 Å². The SMILES string of the molecule is COc1ccc(NC(=O)Cn2nnc3ccccc32)cc1. The topological polar surface area (TPSA) is 69.0 Å². The number of para-hydroxylation sites is 1. The fourth-order valence-corrected chi connectivity index (χ4v) is 2.05. The lowest BCUT2D eigenvalue weighted by molar-refractivity contribution is -0.116. The van der Waals surface area contributed by atoms with Gasteiger partial charge in [-0.1, -0.05) is 17.3 Å². The first kappa shape index (κ1) is 13.1. The van der Waals surface area contributed by atoms with Crippen LogP contribution >= 0.6 is 0 Å². The molecule has 1 heterocycles. The van der Waals surface area contributed by atoms with E-state index in [1.165, 1.54) is 0 Å². The molecule has 6 nitrogen and oxygen atoms in total. The van der Waals surface area contributed by atoms with E-state index in [4.69, 9.17) is 4.74 Å². The van der Waals surface area contributed by atoms with Gasteiger partial charge in [-0.2, -0.15) is 0 Å². The highest BCUT2D eigenvalue weighted by Gasteiger charge is 2.08. The van der Waals surface area contributed by atoms with Crippen LogP contribution in [0.1, 0.15) is 0 Å². The van der Waals surface area contributed by atoms with E-state index in [0.29, 0.717) is 5.69 Å². The van der Waals surface area contributed by atoms with Crippen molar-refractivity contribution < 1.29 is 9.53 Å². The average molecular weight is 282 g/mol. The largest absolute Gasteiger partial charge is 0.497 e. The number of methoxy groups -OCH3 is 1. The summed E-state index contributed by atoms with van der Waals surface area (Å²) in [6.07, 6.45) is 0. The van der Waals surface area contributed by atoms with Crippen LogP contribution in [0.5, 0.6) is 5.75 Å². The molecule has 1 amide bonds. The molecular formula is C15H14N4O2. The first-order valence-electron chi connectivity index (χ1n) is 6.48. The Morgan fingerprint density at radius 1 is 1.19 bits per heavy atom.